The summed E-state index contributed by atoms with van der Waals surface area (Å²) in [5.74, 6) is 1.52. The molecule has 0 radical (unpaired) electrons. The fraction of sp³-hybridized carbons (Fsp3) is 0.125. The lowest BCUT2D eigenvalue weighted by molar-refractivity contribution is 0.279. The number of ether oxygens (including phenoxy) is 1. The molecule has 0 aliphatic rings. The summed E-state index contributed by atoms with van der Waals surface area (Å²) >= 11 is 5.94. The van der Waals surface area contributed by atoms with Gasteiger partial charge in [-0.05, 0) is 35.9 Å². The van der Waals surface area contributed by atoms with Gasteiger partial charge in [-0.3, -0.25) is 0 Å². The van der Waals surface area contributed by atoms with Gasteiger partial charge in [-0.1, -0.05) is 35.0 Å². The third-order valence-corrected chi connectivity index (χ3v) is 3.25. The first-order valence-corrected chi connectivity index (χ1v) is 7.03. The quantitative estimate of drug-likeness (QED) is 0.780. The number of aliphatic hydroxyl groups excluding tert-OH is 1. The van der Waals surface area contributed by atoms with E-state index in [1.165, 1.54) is 0 Å². The molecule has 1 N–H and O–H groups in total. The van der Waals surface area contributed by atoms with Crippen LogP contribution in [-0.4, -0.2) is 15.2 Å². The highest BCUT2D eigenvalue weighted by molar-refractivity contribution is 6.30. The normalized spacial score (nSPS) is 10.6. The van der Waals surface area contributed by atoms with Crippen LogP contribution in [0.15, 0.2) is 53.1 Å². The highest BCUT2D eigenvalue weighted by atomic mass is 35.5. The van der Waals surface area contributed by atoms with Gasteiger partial charge in [-0.15, -0.1) is 0 Å². The molecule has 0 spiro atoms. The van der Waals surface area contributed by atoms with E-state index in [4.69, 9.17) is 26.0 Å². The first-order valence-electron chi connectivity index (χ1n) is 6.66. The van der Waals surface area contributed by atoms with Crippen molar-refractivity contribution in [1.29, 1.82) is 0 Å². The SMILES string of the molecule is OCc1ccc(OCc2noc(-c3cccc(Cl)c3)n2)cc1. The first kappa shape index (κ1) is 14.6. The van der Waals surface area contributed by atoms with E-state index in [2.05, 4.69) is 10.1 Å². The highest BCUT2D eigenvalue weighted by Crippen LogP contribution is 2.21. The van der Waals surface area contributed by atoms with E-state index in [-0.39, 0.29) is 13.2 Å². The molecular weight excluding hydrogens is 304 g/mol. The molecule has 0 fully saturated rings. The van der Waals surface area contributed by atoms with E-state index in [9.17, 15) is 0 Å². The molecule has 0 bridgehead atoms. The predicted molar refractivity (Wildman–Crippen MR) is 81.4 cm³/mol. The average molecular weight is 317 g/mol. The summed E-state index contributed by atoms with van der Waals surface area (Å²) in [5.41, 5.74) is 1.59. The van der Waals surface area contributed by atoms with Gasteiger partial charge in [0.2, 0.25) is 5.82 Å². The molecule has 112 valence electrons. The van der Waals surface area contributed by atoms with E-state index in [0.717, 1.165) is 11.1 Å². The molecule has 5 nitrogen and oxygen atoms in total. The van der Waals surface area contributed by atoms with Crippen LogP contribution >= 0.6 is 11.6 Å². The second kappa shape index (κ2) is 6.60. The molecule has 2 aromatic carbocycles. The molecule has 22 heavy (non-hydrogen) atoms. The summed E-state index contributed by atoms with van der Waals surface area (Å²) in [6.45, 7) is 0.205. The minimum Gasteiger partial charge on any atom is -0.485 e. The minimum absolute atomic E-state index is 0.00805. The molecule has 3 rings (SSSR count). The maximum atomic E-state index is 8.98. The van der Waals surface area contributed by atoms with E-state index >= 15 is 0 Å². The molecule has 0 aliphatic carbocycles. The van der Waals surface area contributed by atoms with Gasteiger partial charge in [0, 0.05) is 10.6 Å². The Morgan fingerprint density at radius 1 is 1.14 bits per heavy atom. The molecule has 6 heteroatoms. The van der Waals surface area contributed by atoms with Crippen LogP contribution < -0.4 is 4.74 Å². The van der Waals surface area contributed by atoms with Gasteiger partial charge in [0.15, 0.2) is 6.61 Å². The van der Waals surface area contributed by atoms with Crippen molar-refractivity contribution in [1.82, 2.24) is 10.1 Å². The fourth-order valence-corrected chi connectivity index (χ4v) is 2.08. The molecule has 0 amide bonds. The average Bonchev–Trinajstić information content (AvgIpc) is 3.02. The Kier molecular flexibility index (Phi) is 4.37. The highest BCUT2D eigenvalue weighted by Gasteiger charge is 2.09. The van der Waals surface area contributed by atoms with E-state index in [1.807, 2.05) is 12.1 Å². The molecule has 1 aromatic heterocycles. The number of nitrogens with zero attached hydrogens (tertiary/aromatic N) is 2. The summed E-state index contributed by atoms with van der Waals surface area (Å²) < 4.78 is 10.8. The Labute approximate surface area is 132 Å². The molecule has 0 atom stereocenters. The van der Waals surface area contributed by atoms with Crippen LogP contribution in [0.25, 0.3) is 11.5 Å². The molecular formula is C16H13ClN2O3. The summed E-state index contributed by atoms with van der Waals surface area (Å²) in [4.78, 5) is 4.27. The lowest BCUT2D eigenvalue weighted by atomic mass is 10.2. The van der Waals surface area contributed by atoms with Crippen LogP contribution in [-0.2, 0) is 13.2 Å². The number of halogens is 1. The number of hydrogen-bond donors (Lipinski definition) is 1. The van der Waals surface area contributed by atoms with Gasteiger partial charge in [-0.25, -0.2) is 0 Å². The fourth-order valence-electron chi connectivity index (χ4n) is 1.89. The Morgan fingerprint density at radius 3 is 2.68 bits per heavy atom. The molecule has 0 saturated heterocycles. The second-order valence-corrected chi connectivity index (χ2v) is 5.05. The Morgan fingerprint density at radius 2 is 1.95 bits per heavy atom. The molecule has 0 aliphatic heterocycles. The van der Waals surface area contributed by atoms with Crippen LogP contribution in [0.3, 0.4) is 0 Å². The van der Waals surface area contributed by atoms with Gasteiger partial charge < -0.3 is 14.4 Å². The summed E-state index contributed by atoms with van der Waals surface area (Å²) in [7, 11) is 0. The van der Waals surface area contributed by atoms with Crippen LogP contribution in [0.1, 0.15) is 11.4 Å². The lowest BCUT2D eigenvalue weighted by Gasteiger charge is -2.03. The predicted octanol–water partition coefficient (Wildman–Crippen LogP) is 3.46. The largest absolute Gasteiger partial charge is 0.485 e. The number of aliphatic hydroxyl groups is 1. The topological polar surface area (TPSA) is 68.4 Å². The summed E-state index contributed by atoms with van der Waals surface area (Å²) in [6, 6.07) is 14.4. The van der Waals surface area contributed by atoms with Crippen molar-refractivity contribution in [2.75, 3.05) is 0 Å². The van der Waals surface area contributed by atoms with Crippen LogP contribution in [0.4, 0.5) is 0 Å². The first-order chi connectivity index (χ1) is 10.7. The van der Waals surface area contributed by atoms with Crippen molar-refractivity contribution in [3.05, 3.63) is 64.9 Å². The van der Waals surface area contributed by atoms with Crippen LogP contribution in [0.2, 0.25) is 5.02 Å². The van der Waals surface area contributed by atoms with Crippen LogP contribution in [0, 0.1) is 0 Å². The Bertz CT molecular complexity index is 756. The van der Waals surface area contributed by atoms with Gasteiger partial charge >= 0.3 is 0 Å². The van der Waals surface area contributed by atoms with E-state index in [0.29, 0.717) is 22.5 Å². The van der Waals surface area contributed by atoms with Crippen molar-refractivity contribution >= 4 is 11.6 Å². The Balaban J connectivity index is 1.66. The van der Waals surface area contributed by atoms with Crippen molar-refractivity contribution in [3.8, 4) is 17.2 Å². The molecule has 3 aromatic rings. The van der Waals surface area contributed by atoms with E-state index < -0.39 is 0 Å². The molecule has 1 heterocycles. The monoisotopic (exact) mass is 316 g/mol. The number of benzene rings is 2. The zero-order valence-corrected chi connectivity index (χ0v) is 12.3. The van der Waals surface area contributed by atoms with Crippen molar-refractivity contribution < 1.29 is 14.4 Å². The standard InChI is InChI=1S/C16H13ClN2O3/c17-13-3-1-2-12(8-13)16-18-15(19-22-16)10-21-14-6-4-11(9-20)5-7-14/h1-8,20H,9-10H2. The third-order valence-electron chi connectivity index (χ3n) is 3.01. The van der Waals surface area contributed by atoms with E-state index in [1.54, 1.807) is 36.4 Å². The zero-order chi connectivity index (χ0) is 15.4. The number of hydrogen-bond acceptors (Lipinski definition) is 5. The summed E-state index contributed by atoms with van der Waals surface area (Å²) in [5, 5.41) is 13.5. The summed E-state index contributed by atoms with van der Waals surface area (Å²) in [6.07, 6.45) is 0. The van der Waals surface area contributed by atoms with Crippen LogP contribution in [0.5, 0.6) is 5.75 Å². The van der Waals surface area contributed by atoms with Gasteiger partial charge in [0.1, 0.15) is 5.75 Å². The van der Waals surface area contributed by atoms with Gasteiger partial charge in [0.25, 0.3) is 5.89 Å². The maximum absolute atomic E-state index is 8.98. The second-order valence-electron chi connectivity index (χ2n) is 4.62. The minimum atomic E-state index is 0.00805. The van der Waals surface area contributed by atoms with Gasteiger partial charge in [0.05, 0.1) is 6.61 Å². The third kappa shape index (κ3) is 3.44. The van der Waals surface area contributed by atoms with Crippen molar-refractivity contribution in [3.63, 3.8) is 0 Å². The molecule has 0 unspecified atom stereocenters. The lowest BCUT2D eigenvalue weighted by Crippen LogP contribution is -1.97. The zero-order valence-electron chi connectivity index (χ0n) is 11.6. The maximum Gasteiger partial charge on any atom is 0.258 e. The Hall–Kier alpha value is -2.37. The smallest absolute Gasteiger partial charge is 0.258 e. The molecule has 0 saturated carbocycles. The number of rotatable bonds is 5. The van der Waals surface area contributed by atoms with Crippen molar-refractivity contribution in [2.24, 2.45) is 0 Å². The number of aromatic nitrogens is 2. The van der Waals surface area contributed by atoms with Gasteiger partial charge in [-0.2, -0.15) is 4.98 Å². The van der Waals surface area contributed by atoms with Crippen molar-refractivity contribution in [2.45, 2.75) is 13.2 Å².